The summed E-state index contributed by atoms with van der Waals surface area (Å²) < 4.78 is 7.71. The molecule has 150 valence electrons. The lowest BCUT2D eigenvalue weighted by Crippen LogP contribution is -2.31. The number of hydrogen-bond acceptors (Lipinski definition) is 7. The van der Waals surface area contributed by atoms with Gasteiger partial charge in [0.2, 0.25) is 0 Å². The number of nitrogens with zero attached hydrogens (tertiary/aromatic N) is 2. The minimum absolute atomic E-state index is 0.115. The molecule has 1 aliphatic carbocycles. The molecule has 0 saturated carbocycles. The van der Waals surface area contributed by atoms with E-state index in [2.05, 4.69) is 29.4 Å². The van der Waals surface area contributed by atoms with Crippen LogP contribution in [0.2, 0.25) is 0 Å². The molecule has 0 atom stereocenters. The summed E-state index contributed by atoms with van der Waals surface area (Å²) in [6.45, 7) is 6.02. The molecule has 3 N–H and O–H groups in total. The van der Waals surface area contributed by atoms with Crippen molar-refractivity contribution in [1.82, 2.24) is 10.4 Å². The molecule has 2 amide bonds. The van der Waals surface area contributed by atoms with Gasteiger partial charge >= 0.3 is 6.03 Å². The molecule has 1 aromatic carbocycles. The molecule has 1 aliphatic rings. The van der Waals surface area contributed by atoms with Crippen LogP contribution in [0.1, 0.15) is 47.7 Å². The van der Waals surface area contributed by atoms with Crippen molar-refractivity contribution in [1.29, 1.82) is 0 Å². The van der Waals surface area contributed by atoms with Gasteiger partial charge in [0.1, 0.15) is 5.76 Å². The first-order valence-corrected chi connectivity index (χ1v) is 10.7. The maximum absolute atomic E-state index is 13.0. The first-order valence-electron chi connectivity index (χ1n) is 9.06. The smallest absolute Gasteiger partial charge is 0.332 e. The molecule has 4 rings (SSSR count). The van der Waals surface area contributed by atoms with Gasteiger partial charge in [0.25, 0.3) is 5.12 Å². The number of para-hydroxylation sites is 1. The van der Waals surface area contributed by atoms with Crippen LogP contribution in [0.4, 0.5) is 4.79 Å². The molecule has 0 radical (unpaired) electrons. The van der Waals surface area contributed by atoms with Crippen LogP contribution in [0.5, 0.6) is 0 Å². The Balaban J connectivity index is 1.67. The third-order valence-electron chi connectivity index (χ3n) is 4.73. The van der Waals surface area contributed by atoms with Crippen molar-refractivity contribution in [2.75, 3.05) is 0 Å². The minimum Gasteiger partial charge on any atom is -0.456 e. The number of aromatic nitrogens is 1. The maximum Gasteiger partial charge on any atom is 0.332 e. The van der Waals surface area contributed by atoms with Crippen LogP contribution in [0.3, 0.4) is 0 Å². The number of amides is 2. The van der Waals surface area contributed by atoms with Crippen molar-refractivity contribution >= 4 is 50.2 Å². The number of primary amides is 1. The molecular weight excluding hydrogens is 408 g/mol. The highest BCUT2D eigenvalue weighted by molar-refractivity contribution is 8.15. The summed E-state index contributed by atoms with van der Waals surface area (Å²) in [7, 11) is 0. The van der Waals surface area contributed by atoms with Gasteiger partial charge in [0, 0.05) is 17.5 Å². The molecule has 29 heavy (non-hydrogen) atoms. The highest BCUT2D eigenvalue weighted by Crippen LogP contribution is 2.40. The number of fused-ring (bicyclic) bond motifs is 2. The number of furan rings is 1. The molecule has 0 aliphatic heterocycles. The molecule has 2 aromatic heterocycles. The number of thioether (sulfide) groups is 1. The Hall–Kier alpha value is -2.65. The number of rotatable bonds is 3. The number of urea groups is 1. The standard InChI is InChI=1S/C20H20N4O3S2/c1-10-15-12(23-24-18(21)26)8-20(2,3)9-13(15)27-16(10)17(25)29-19-22-11-6-4-5-7-14(11)28-19/h4-7H,8-9H2,1-3H3,(H3,21,24,26)/b23-12-. The van der Waals surface area contributed by atoms with Crippen LogP contribution in [-0.2, 0) is 6.42 Å². The van der Waals surface area contributed by atoms with Crippen LogP contribution >= 0.6 is 23.1 Å². The van der Waals surface area contributed by atoms with Gasteiger partial charge in [-0.15, -0.1) is 11.3 Å². The summed E-state index contributed by atoms with van der Waals surface area (Å²) in [4.78, 5) is 28.6. The number of thiazole rings is 1. The third-order valence-corrected chi connectivity index (χ3v) is 6.70. The van der Waals surface area contributed by atoms with E-state index in [1.165, 1.54) is 11.3 Å². The lowest BCUT2D eigenvalue weighted by atomic mass is 9.75. The van der Waals surface area contributed by atoms with Gasteiger partial charge in [-0.25, -0.2) is 15.2 Å². The fourth-order valence-corrected chi connectivity index (χ4v) is 5.50. The van der Waals surface area contributed by atoms with Crippen LogP contribution < -0.4 is 11.2 Å². The second-order valence-corrected chi connectivity index (χ2v) is 9.99. The van der Waals surface area contributed by atoms with E-state index >= 15 is 0 Å². The minimum atomic E-state index is -0.730. The Morgan fingerprint density at radius 1 is 1.31 bits per heavy atom. The SMILES string of the molecule is Cc1c(C(=O)Sc2nc3ccccc3s2)oc2c1/C(=N\NC(N)=O)CC(C)(C)C2. The topological polar surface area (TPSA) is 111 Å². The number of hydrazone groups is 1. The Labute approximate surface area is 175 Å². The Kier molecular flexibility index (Phi) is 4.95. The van der Waals surface area contributed by atoms with Crippen molar-refractivity contribution in [3.63, 3.8) is 0 Å². The number of carbonyl (C=O) groups is 2. The molecule has 9 heteroatoms. The highest BCUT2D eigenvalue weighted by Gasteiger charge is 2.36. The van der Waals surface area contributed by atoms with E-state index in [0.717, 1.165) is 33.1 Å². The van der Waals surface area contributed by atoms with Gasteiger partial charge in [-0.05, 0) is 42.7 Å². The summed E-state index contributed by atoms with van der Waals surface area (Å²) in [6, 6.07) is 7.05. The summed E-state index contributed by atoms with van der Waals surface area (Å²) in [6.07, 6.45) is 1.32. The predicted octanol–water partition coefficient (Wildman–Crippen LogP) is 4.48. The first-order chi connectivity index (χ1) is 13.7. The van der Waals surface area contributed by atoms with Crippen molar-refractivity contribution < 1.29 is 14.0 Å². The number of benzene rings is 1. The van der Waals surface area contributed by atoms with Gasteiger partial charge in [0.15, 0.2) is 10.1 Å². The van der Waals surface area contributed by atoms with Gasteiger partial charge < -0.3 is 10.2 Å². The second kappa shape index (κ2) is 7.31. The normalized spacial score (nSPS) is 16.7. The van der Waals surface area contributed by atoms with Crippen LogP contribution in [-0.4, -0.2) is 21.8 Å². The van der Waals surface area contributed by atoms with E-state index < -0.39 is 6.03 Å². The van der Waals surface area contributed by atoms with Gasteiger partial charge in [-0.3, -0.25) is 4.79 Å². The summed E-state index contributed by atoms with van der Waals surface area (Å²) in [5.41, 5.74) is 10.4. The second-order valence-electron chi connectivity index (χ2n) is 7.74. The summed E-state index contributed by atoms with van der Waals surface area (Å²) in [5.74, 6) is 1.00. The summed E-state index contributed by atoms with van der Waals surface area (Å²) in [5, 5.41) is 3.97. The fraction of sp³-hybridized carbons (Fsp3) is 0.300. The molecule has 0 bridgehead atoms. The van der Waals surface area contributed by atoms with Gasteiger partial charge in [0.05, 0.1) is 15.9 Å². The lowest BCUT2D eigenvalue weighted by molar-refractivity contribution is 0.106. The molecule has 7 nitrogen and oxygen atoms in total. The Morgan fingerprint density at radius 2 is 2.07 bits per heavy atom. The lowest BCUT2D eigenvalue weighted by Gasteiger charge is -2.29. The Bertz CT molecular complexity index is 1130. The van der Waals surface area contributed by atoms with Crippen molar-refractivity contribution in [2.24, 2.45) is 16.3 Å². The predicted molar refractivity (Wildman–Crippen MR) is 115 cm³/mol. The van der Waals surface area contributed by atoms with E-state index in [0.29, 0.717) is 34.4 Å². The number of nitrogens with one attached hydrogen (secondary N) is 1. The maximum atomic E-state index is 13.0. The molecule has 0 fully saturated rings. The molecule has 2 heterocycles. The summed E-state index contributed by atoms with van der Waals surface area (Å²) >= 11 is 2.54. The van der Waals surface area contributed by atoms with Gasteiger partial charge in [-0.2, -0.15) is 5.10 Å². The van der Waals surface area contributed by atoms with Gasteiger partial charge in [-0.1, -0.05) is 26.0 Å². The zero-order chi connectivity index (χ0) is 20.8. The van der Waals surface area contributed by atoms with E-state index in [9.17, 15) is 9.59 Å². The van der Waals surface area contributed by atoms with Crippen LogP contribution in [0.15, 0.2) is 38.1 Å². The number of carbonyl (C=O) groups excluding carboxylic acids is 2. The van der Waals surface area contributed by atoms with Crippen LogP contribution in [0.25, 0.3) is 10.2 Å². The first kappa shape index (κ1) is 19.7. The largest absolute Gasteiger partial charge is 0.456 e. The van der Waals surface area contributed by atoms with E-state index in [1.807, 2.05) is 31.2 Å². The van der Waals surface area contributed by atoms with Crippen molar-refractivity contribution in [3.05, 3.63) is 46.9 Å². The third kappa shape index (κ3) is 3.92. The van der Waals surface area contributed by atoms with Crippen LogP contribution in [0, 0.1) is 12.3 Å². The average Bonchev–Trinajstić information content (AvgIpc) is 3.19. The molecule has 3 aromatic rings. The van der Waals surface area contributed by atoms with E-state index in [-0.39, 0.29) is 10.5 Å². The van der Waals surface area contributed by atoms with Crippen molar-refractivity contribution in [3.8, 4) is 0 Å². The highest BCUT2D eigenvalue weighted by atomic mass is 32.2. The average molecular weight is 429 g/mol. The quantitative estimate of drug-likeness (QED) is 0.472. The molecular formula is C20H20N4O3S2. The van der Waals surface area contributed by atoms with Crippen molar-refractivity contribution in [2.45, 2.75) is 38.0 Å². The zero-order valence-electron chi connectivity index (χ0n) is 16.2. The van der Waals surface area contributed by atoms with E-state index in [4.69, 9.17) is 10.2 Å². The molecule has 0 spiro atoms. The number of hydrogen-bond donors (Lipinski definition) is 2. The molecule has 0 saturated heterocycles. The van der Waals surface area contributed by atoms with E-state index in [1.54, 1.807) is 0 Å². The monoisotopic (exact) mass is 428 g/mol. The number of nitrogens with two attached hydrogens (primary N) is 1. The Morgan fingerprint density at radius 3 is 2.79 bits per heavy atom. The fourth-order valence-electron chi connectivity index (χ4n) is 3.55. The zero-order valence-corrected chi connectivity index (χ0v) is 17.9. The molecule has 0 unspecified atom stereocenters.